The summed E-state index contributed by atoms with van der Waals surface area (Å²) in [6.07, 6.45) is 4.65. The van der Waals surface area contributed by atoms with E-state index in [1.54, 1.807) is 0 Å². The molecule has 14 rings (SSSR count). The van der Waals surface area contributed by atoms with Crippen LogP contribution in [0.4, 0.5) is 51.2 Å². The summed E-state index contributed by atoms with van der Waals surface area (Å²) in [7, 11) is 0. The van der Waals surface area contributed by atoms with Gasteiger partial charge in [0.25, 0.3) is 6.71 Å². The fraction of sp³-hybridized carbons (Fsp3) is 0.412. The largest absolute Gasteiger partial charge is 0.311 e. The van der Waals surface area contributed by atoms with Crippen LogP contribution in [0.5, 0.6) is 0 Å². The standard InChI is InChI=1S/C85H98BN3S/c1-77(2,3)51-27-30-55(31-28-51)87(56-32-34-61-60-25-23-24-26-63(60)85(21,22)65(61)45-56)59-47-71-74-72(48-59)89(57-33-35-64-66(46-57)82(15,16)38-37-81(64,13)14)75-62-49-67-68(84(19,20)40-39-83(67,17)18)50-73(62)90-76(75)86(74)69-44-52(78(4,5)6)29-36-70(69)88(71)58-42-53(79(7,8)9)41-54(43-58)80(10,11)12/h23-36,41-50H,37-40H2,1-22H3. The van der Waals surface area contributed by atoms with Gasteiger partial charge < -0.3 is 14.7 Å². The van der Waals surface area contributed by atoms with Crippen LogP contribution in [-0.4, -0.2) is 6.71 Å². The van der Waals surface area contributed by atoms with Gasteiger partial charge in [-0.1, -0.05) is 219 Å². The van der Waals surface area contributed by atoms with E-state index >= 15 is 0 Å². The Morgan fingerprint density at radius 2 is 0.911 bits per heavy atom. The lowest BCUT2D eigenvalue weighted by molar-refractivity contribution is 0.332. The van der Waals surface area contributed by atoms with E-state index < -0.39 is 0 Å². The molecule has 462 valence electrons. The Morgan fingerprint density at radius 1 is 0.389 bits per heavy atom. The van der Waals surface area contributed by atoms with Crippen molar-refractivity contribution in [3.8, 4) is 11.1 Å². The van der Waals surface area contributed by atoms with Crippen molar-refractivity contribution in [2.24, 2.45) is 0 Å². The number of rotatable bonds is 5. The molecule has 1 aromatic heterocycles. The second-order valence-corrected chi connectivity index (χ2v) is 36.4. The Hall–Kier alpha value is -6.82. The highest BCUT2D eigenvalue weighted by atomic mass is 32.1. The third-order valence-corrected chi connectivity index (χ3v) is 23.8. The van der Waals surface area contributed by atoms with Gasteiger partial charge in [0.2, 0.25) is 0 Å². The van der Waals surface area contributed by atoms with Gasteiger partial charge in [0.05, 0.1) is 11.4 Å². The van der Waals surface area contributed by atoms with Gasteiger partial charge in [0, 0.05) is 60.1 Å². The number of hydrogen-bond acceptors (Lipinski definition) is 4. The molecule has 0 fully saturated rings. The minimum absolute atomic E-state index is 0.00631. The third kappa shape index (κ3) is 9.44. The fourth-order valence-electron chi connectivity index (χ4n) is 16.4. The molecule has 0 saturated carbocycles. The summed E-state index contributed by atoms with van der Waals surface area (Å²) in [5.74, 6) is 0. The molecule has 0 amide bonds. The Kier molecular flexibility index (Phi) is 13.2. The maximum atomic E-state index is 2.80. The molecule has 8 aromatic carbocycles. The Labute approximate surface area is 545 Å². The third-order valence-electron chi connectivity index (χ3n) is 22.6. The van der Waals surface area contributed by atoms with Crippen LogP contribution in [0.25, 0.3) is 21.2 Å². The molecule has 3 nitrogen and oxygen atoms in total. The lowest BCUT2D eigenvalue weighted by atomic mass is 9.36. The minimum Gasteiger partial charge on any atom is -0.311 e. The van der Waals surface area contributed by atoms with Crippen LogP contribution in [0.1, 0.15) is 234 Å². The number of hydrogen-bond donors (Lipinski definition) is 0. The number of thiophene rings is 1. The van der Waals surface area contributed by atoms with Gasteiger partial charge in [0.15, 0.2) is 0 Å². The molecule has 0 unspecified atom stereocenters. The smallest absolute Gasteiger partial charge is 0.264 e. The summed E-state index contributed by atoms with van der Waals surface area (Å²) >= 11 is 2.07. The van der Waals surface area contributed by atoms with Crippen LogP contribution in [0.15, 0.2) is 146 Å². The van der Waals surface area contributed by atoms with Gasteiger partial charge in [-0.15, -0.1) is 11.3 Å². The topological polar surface area (TPSA) is 9.72 Å². The van der Waals surface area contributed by atoms with Crippen molar-refractivity contribution in [2.45, 2.75) is 227 Å². The van der Waals surface area contributed by atoms with Gasteiger partial charge in [0.1, 0.15) is 0 Å². The van der Waals surface area contributed by atoms with E-state index in [1.807, 2.05) is 0 Å². The molecule has 0 radical (unpaired) electrons. The molecular formula is C85H98BN3S. The summed E-state index contributed by atoms with van der Waals surface area (Å²) in [4.78, 5) is 8.12. The Balaban J connectivity index is 1.16. The summed E-state index contributed by atoms with van der Waals surface area (Å²) in [5.41, 5.74) is 30.1. The van der Waals surface area contributed by atoms with Crippen molar-refractivity contribution in [3.63, 3.8) is 0 Å². The molecular weight excluding hydrogens is 1110 g/mol. The van der Waals surface area contributed by atoms with Crippen LogP contribution in [0.3, 0.4) is 0 Å². The van der Waals surface area contributed by atoms with E-state index in [-0.39, 0.29) is 55.4 Å². The quantitative estimate of drug-likeness (QED) is 0.159. The van der Waals surface area contributed by atoms with Gasteiger partial charge in [-0.05, 0) is 226 Å². The van der Waals surface area contributed by atoms with Crippen molar-refractivity contribution in [1.82, 2.24) is 0 Å². The van der Waals surface area contributed by atoms with E-state index in [9.17, 15) is 0 Å². The highest BCUT2D eigenvalue weighted by Crippen LogP contribution is 2.57. The second-order valence-electron chi connectivity index (χ2n) is 35.3. The fourth-order valence-corrected chi connectivity index (χ4v) is 17.7. The van der Waals surface area contributed by atoms with Crippen LogP contribution < -0.4 is 30.4 Å². The van der Waals surface area contributed by atoms with Crippen molar-refractivity contribution in [2.75, 3.05) is 14.7 Å². The molecule has 5 heteroatoms. The molecule has 2 aliphatic heterocycles. The number of anilines is 9. The highest BCUT2D eigenvalue weighted by Gasteiger charge is 2.49. The first-order valence-corrected chi connectivity index (χ1v) is 34.7. The van der Waals surface area contributed by atoms with Crippen molar-refractivity contribution in [3.05, 3.63) is 201 Å². The number of nitrogens with zero attached hydrogens (tertiary/aromatic N) is 3. The predicted molar refractivity (Wildman–Crippen MR) is 393 cm³/mol. The zero-order valence-electron chi connectivity index (χ0n) is 58.5. The highest BCUT2D eigenvalue weighted by molar-refractivity contribution is 7.33. The first-order valence-electron chi connectivity index (χ1n) is 33.9. The Morgan fingerprint density at radius 3 is 1.51 bits per heavy atom. The number of fused-ring (bicyclic) bond motifs is 11. The molecule has 90 heavy (non-hydrogen) atoms. The maximum Gasteiger partial charge on any atom is 0.264 e. The van der Waals surface area contributed by atoms with Gasteiger partial charge in [-0.3, -0.25) is 0 Å². The van der Waals surface area contributed by atoms with Crippen molar-refractivity contribution in [1.29, 1.82) is 0 Å². The molecule has 3 heterocycles. The summed E-state index contributed by atoms with van der Waals surface area (Å²) in [6, 6.07) is 59.4. The lowest BCUT2D eigenvalue weighted by Crippen LogP contribution is -2.60. The zero-order valence-corrected chi connectivity index (χ0v) is 59.3. The molecule has 3 aliphatic carbocycles. The lowest BCUT2D eigenvalue weighted by Gasteiger charge is -2.46. The average molecular weight is 1200 g/mol. The Bertz CT molecular complexity index is 4420. The number of benzene rings is 8. The average Bonchev–Trinajstić information content (AvgIpc) is 1.24. The van der Waals surface area contributed by atoms with Crippen molar-refractivity contribution < 1.29 is 0 Å². The molecule has 0 N–H and O–H groups in total. The first-order chi connectivity index (χ1) is 41.8. The monoisotopic (exact) mass is 1200 g/mol. The molecule has 5 aliphatic rings. The zero-order chi connectivity index (χ0) is 64.3. The SMILES string of the molecule is CC(C)(C)c1ccc(N(c2cc3c4c(c2)N(c2ccc5c(c2)C(C)(C)CCC5(C)C)c2c(sc5cc6c(cc25)C(C)(C)CCC6(C)C)B4c2cc(C(C)(C)C)ccc2N3c2cc(C(C)(C)C)cc(C(C)(C)C)c2)c2ccc3c(c2)C(C)(C)c2ccccc2-3)cc1. The normalized spacial score (nSPS) is 18.1. The minimum atomic E-state index is -0.195. The first kappa shape index (κ1) is 60.7. The molecule has 0 spiro atoms. The summed E-state index contributed by atoms with van der Waals surface area (Å²) < 4.78 is 2.82. The molecule has 0 saturated heterocycles. The van der Waals surface area contributed by atoms with E-state index in [4.69, 9.17) is 0 Å². The van der Waals surface area contributed by atoms with E-state index in [0.29, 0.717) is 0 Å². The summed E-state index contributed by atoms with van der Waals surface area (Å²) in [6.45, 7) is 53.2. The van der Waals surface area contributed by atoms with E-state index in [2.05, 4.69) is 324 Å². The van der Waals surface area contributed by atoms with Gasteiger partial charge in [-0.2, -0.15) is 0 Å². The molecule has 0 atom stereocenters. The maximum absolute atomic E-state index is 2.80. The molecule has 9 aromatic rings. The van der Waals surface area contributed by atoms with E-state index in [0.717, 1.165) is 29.9 Å². The van der Waals surface area contributed by atoms with Gasteiger partial charge in [-0.25, -0.2) is 0 Å². The van der Waals surface area contributed by atoms with E-state index in [1.165, 1.54) is 140 Å². The molecule has 0 bridgehead atoms. The second kappa shape index (κ2) is 19.6. The van der Waals surface area contributed by atoms with Crippen LogP contribution in [-0.2, 0) is 48.7 Å². The summed E-state index contributed by atoms with van der Waals surface area (Å²) in [5, 5.41) is 1.37. The van der Waals surface area contributed by atoms with Gasteiger partial charge >= 0.3 is 0 Å². The van der Waals surface area contributed by atoms with Crippen LogP contribution >= 0.6 is 11.3 Å². The van der Waals surface area contributed by atoms with Crippen LogP contribution in [0, 0.1) is 0 Å². The van der Waals surface area contributed by atoms with Crippen LogP contribution in [0.2, 0.25) is 0 Å². The van der Waals surface area contributed by atoms with Crippen molar-refractivity contribution >= 4 is 95.0 Å². The predicted octanol–water partition coefficient (Wildman–Crippen LogP) is 22.6.